The largest absolute Gasteiger partial charge is 0.399 e. The zero-order valence-corrected chi connectivity index (χ0v) is 10.5. The van der Waals surface area contributed by atoms with Gasteiger partial charge in [-0.2, -0.15) is 0 Å². The molecule has 1 aromatic rings. The summed E-state index contributed by atoms with van der Waals surface area (Å²) in [5, 5.41) is 3.02. The lowest BCUT2D eigenvalue weighted by Gasteiger charge is -2.16. The second-order valence-corrected chi connectivity index (χ2v) is 5.08. The second-order valence-electron chi connectivity index (χ2n) is 5.08. The van der Waals surface area contributed by atoms with E-state index in [2.05, 4.69) is 12.2 Å². The van der Waals surface area contributed by atoms with Crippen molar-refractivity contribution < 1.29 is 4.79 Å². The van der Waals surface area contributed by atoms with Crippen LogP contribution in [0.4, 0.5) is 11.4 Å². The highest BCUT2D eigenvalue weighted by molar-refractivity contribution is 5.93. The molecule has 1 saturated carbocycles. The van der Waals surface area contributed by atoms with Crippen molar-refractivity contribution in [2.24, 2.45) is 11.8 Å². The summed E-state index contributed by atoms with van der Waals surface area (Å²) in [6.07, 6.45) is 3.35. The normalized spacial score (nSPS) is 23.6. The minimum atomic E-state index is 0.155. The van der Waals surface area contributed by atoms with Gasteiger partial charge in [0.2, 0.25) is 5.91 Å². The lowest BCUT2D eigenvalue weighted by atomic mass is 9.97. The Morgan fingerprint density at radius 2 is 2.18 bits per heavy atom. The van der Waals surface area contributed by atoms with Crippen molar-refractivity contribution in [2.45, 2.75) is 33.1 Å². The van der Waals surface area contributed by atoms with Crippen molar-refractivity contribution in [3.05, 3.63) is 23.8 Å². The Morgan fingerprint density at radius 1 is 1.41 bits per heavy atom. The van der Waals surface area contributed by atoms with Crippen LogP contribution >= 0.6 is 0 Å². The topological polar surface area (TPSA) is 55.1 Å². The summed E-state index contributed by atoms with van der Waals surface area (Å²) in [5.41, 5.74) is 8.32. The predicted molar refractivity (Wildman–Crippen MR) is 70.7 cm³/mol. The van der Waals surface area contributed by atoms with Crippen LogP contribution in [0.15, 0.2) is 18.2 Å². The van der Waals surface area contributed by atoms with Crippen LogP contribution in [0.25, 0.3) is 0 Å². The van der Waals surface area contributed by atoms with Gasteiger partial charge in [0.25, 0.3) is 0 Å². The SMILES string of the molecule is Cc1cc(N)ccc1NC(=O)C1CCCC1C. The van der Waals surface area contributed by atoms with Crippen molar-refractivity contribution >= 4 is 17.3 Å². The van der Waals surface area contributed by atoms with Gasteiger partial charge in [-0.3, -0.25) is 4.79 Å². The maximum atomic E-state index is 12.1. The fourth-order valence-electron chi connectivity index (χ4n) is 2.59. The second kappa shape index (κ2) is 4.78. The van der Waals surface area contributed by atoms with E-state index in [1.807, 2.05) is 25.1 Å². The molecule has 2 rings (SSSR count). The van der Waals surface area contributed by atoms with Crippen molar-refractivity contribution in [3.8, 4) is 0 Å². The molecule has 1 aromatic carbocycles. The molecule has 0 spiro atoms. The van der Waals surface area contributed by atoms with Crippen molar-refractivity contribution in [1.82, 2.24) is 0 Å². The maximum absolute atomic E-state index is 12.1. The van der Waals surface area contributed by atoms with Crippen LogP contribution in [-0.2, 0) is 4.79 Å². The molecule has 0 heterocycles. The number of nitrogens with one attached hydrogen (secondary N) is 1. The fraction of sp³-hybridized carbons (Fsp3) is 0.500. The third kappa shape index (κ3) is 2.60. The Bertz CT molecular complexity index is 428. The number of hydrogen-bond acceptors (Lipinski definition) is 2. The summed E-state index contributed by atoms with van der Waals surface area (Å²) in [4.78, 5) is 12.1. The number of carbonyl (C=O) groups excluding carboxylic acids is 1. The molecule has 1 fully saturated rings. The first-order chi connectivity index (χ1) is 8.08. The summed E-state index contributed by atoms with van der Waals surface area (Å²) in [6, 6.07) is 5.58. The van der Waals surface area contributed by atoms with E-state index >= 15 is 0 Å². The van der Waals surface area contributed by atoms with Crippen LogP contribution < -0.4 is 11.1 Å². The van der Waals surface area contributed by atoms with Crippen LogP contribution in [0, 0.1) is 18.8 Å². The van der Waals surface area contributed by atoms with Crippen molar-refractivity contribution in [2.75, 3.05) is 11.1 Å². The minimum absolute atomic E-state index is 0.155. The Balaban J connectivity index is 2.07. The monoisotopic (exact) mass is 232 g/mol. The molecule has 2 atom stereocenters. The van der Waals surface area contributed by atoms with E-state index in [-0.39, 0.29) is 11.8 Å². The molecule has 0 bridgehead atoms. The van der Waals surface area contributed by atoms with E-state index < -0.39 is 0 Å². The molecule has 3 N–H and O–H groups in total. The Kier molecular flexibility index (Phi) is 3.36. The van der Waals surface area contributed by atoms with Gasteiger partial charge < -0.3 is 11.1 Å². The van der Waals surface area contributed by atoms with Gasteiger partial charge in [-0.05, 0) is 49.4 Å². The highest BCUT2D eigenvalue weighted by atomic mass is 16.1. The van der Waals surface area contributed by atoms with Crippen molar-refractivity contribution in [1.29, 1.82) is 0 Å². The van der Waals surface area contributed by atoms with E-state index in [1.165, 1.54) is 12.8 Å². The van der Waals surface area contributed by atoms with Gasteiger partial charge in [-0.25, -0.2) is 0 Å². The highest BCUT2D eigenvalue weighted by Crippen LogP contribution is 2.32. The summed E-state index contributed by atoms with van der Waals surface area (Å²) in [5.74, 6) is 0.832. The number of amides is 1. The zero-order chi connectivity index (χ0) is 12.4. The Labute approximate surface area is 102 Å². The van der Waals surface area contributed by atoms with E-state index in [9.17, 15) is 4.79 Å². The van der Waals surface area contributed by atoms with E-state index in [0.29, 0.717) is 5.92 Å². The van der Waals surface area contributed by atoms with Crippen LogP contribution in [0.2, 0.25) is 0 Å². The molecule has 0 saturated heterocycles. The van der Waals surface area contributed by atoms with Gasteiger partial charge in [0, 0.05) is 17.3 Å². The lowest BCUT2D eigenvalue weighted by molar-refractivity contribution is -0.120. The van der Waals surface area contributed by atoms with Gasteiger partial charge in [0.1, 0.15) is 0 Å². The molecule has 0 aromatic heterocycles. The third-order valence-electron chi connectivity index (χ3n) is 3.71. The van der Waals surface area contributed by atoms with E-state index in [4.69, 9.17) is 5.73 Å². The number of hydrogen-bond donors (Lipinski definition) is 2. The number of rotatable bonds is 2. The minimum Gasteiger partial charge on any atom is -0.399 e. The van der Waals surface area contributed by atoms with E-state index in [0.717, 1.165) is 23.4 Å². The fourth-order valence-corrected chi connectivity index (χ4v) is 2.59. The number of nitrogen functional groups attached to an aromatic ring is 1. The number of aryl methyl sites for hydroxylation is 1. The first-order valence-electron chi connectivity index (χ1n) is 6.25. The first kappa shape index (κ1) is 12.0. The summed E-state index contributed by atoms with van der Waals surface area (Å²) >= 11 is 0. The smallest absolute Gasteiger partial charge is 0.227 e. The molecule has 17 heavy (non-hydrogen) atoms. The number of carbonyl (C=O) groups is 1. The molecular weight excluding hydrogens is 212 g/mol. The molecule has 1 amide bonds. The number of anilines is 2. The molecule has 1 aliphatic rings. The predicted octanol–water partition coefficient (Wildman–Crippen LogP) is 2.95. The highest BCUT2D eigenvalue weighted by Gasteiger charge is 2.29. The Hall–Kier alpha value is -1.51. The summed E-state index contributed by atoms with van der Waals surface area (Å²) < 4.78 is 0. The zero-order valence-electron chi connectivity index (χ0n) is 10.5. The first-order valence-corrected chi connectivity index (χ1v) is 6.25. The molecule has 0 radical (unpaired) electrons. The van der Waals surface area contributed by atoms with Crippen LogP contribution in [0.1, 0.15) is 31.7 Å². The maximum Gasteiger partial charge on any atom is 0.227 e. The molecular formula is C14H20N2O. The average Bonchev–Trinajstić information content (AvgIpc) is 2.68. The van der Waals surface area contributed by atoms with Gasteiger partial charge in [-0.1, -0.05) is 13.3 Å². The standard InChI is InChI=1S/C14H20N2O/c1-9-4-3-5-12(9)14(17)16-13-7-6-11(15)8-10(13)2/h6-9,12H,3-5,15H2,1-2H3,(H,16,17). The van der Waals surface area contributed by atoms with Crippen LogP contribution in [0.3, 0.4) is 0 Å². The Morgan fingerprint density at radius 3 is 2.76 bits per heavy atom. The number of benzene rings is 1. The van der Waals surface area contributed by atoms with Crippen LogP contribution in [0.5, 0.6) is 0 Å². The average molecular weight is 232 g/mol. The number of nitrogens with two attached hydrogens (primary N) is 1. The quantitative estimate of drug-likeness (QED) is 0.770. The molecule has 0 aliphatic heterocycles. The van der Waals surface area contributed by atoms with Gasteiger partial charge in [0.15, 0.2) is 0 Å². The molecule has 3 heteroatoms. The molecule has 3 nitrogen and oxygen atoms in total. The molecule has 92 valence electrons. The third-order valence-corrected chi connectivity index (χ3v) is 3.71. The summed E-state index contributed by atoms with van der Waals surface area (Å²) in [7, 11) is 0. The molecule has 1 aliphatic carbocycles. The van der Waals surface area contributed by atoms with Gasteiger partial charge >= 0.3 is 0 Å². The lowest BCUT2D eigenvalue weighted by Crippen LogP contribution is -2.24. The molecule has 2 unspecified atom stereocenters. The van der Waals surface area contributed by atoms with Crippen LogP contribution in [-0.4, -0.2) is 5.91 Å². The van der Waals surface area contributed by atoms with E-state index in [1.54, 1.807) is 0 Å². The van der Waals surface area contributed by atoms with Crippen molar-refractivity contribution in [3.63, 3.8) is 0 Å². The summed E-state index contributed by atoms with van der Waals surface area (Å²) in [6.45, 7) is 4.12. The van der Waals surface area contributed by atoms with Gasteiger partial charge in [0.05, 0.1) is 0 Å². The van der Waals surface area contributed by atoms with Gasteiger partial charge in [-0.15, -0.1) is 0 Å².